The minimum absolute atomic E-state index is 0. The van der Waals surface area contributed by atoms with Crippen LogP contribution in [0, 0.1) is 0 Å². The Morgan fingerprint density at radius 1 is 1.46 bits per heavy atom. The molecule has 0 saturated carbocycles. The summed E-state index contributed by atoms with van der Waals surface area (Å²) in [5, 5.41) is 11.3. The van der Waals surface area contributed by atoms with Crippen molar-refractivity contribution in [3.8, 4) is 0 Å². The fourth-order valence-electron chi connectivity index (χ4n) is 2.68. The van der Waals surface area contributed by atoms with Gasteiger partial charge in [0.1, 0.15) is 12.2 Å². The molecule has 1 saturated heterocycles. The summed E-state index contributed by atoms with van der Waals surface area (Å²) in [6.07, 6.45) is 2.56. The highest BCUT2D eigenvalue weighted by Crippen LogP contribution is 2.23. The van der Waals surface area contributed by atoms with Crippen LogP contribution in [0.15, 0.2) is 11.3 Å². The van der Waals surface area contributed by atoms with E-state index < -0.39 is 14.6 Å². The van der Waals surface area contributed by atoms with Crippen LogP contribution < -0.4 is 5.32 Å². The number of aliphatic imine (C=N–C) groups is 1. The lowest BCUT2D eigenvalue weighted by atomic mass is 10.2. The summed E-state index contributed by atoms with van der Waals surface area (Å²) in [7, 11) is -1.33. The Bertz CT molecular complexity index is 671. The number of hydrogen-bond donors (Lipinski definition) is 1. The number of nitrogens with zero attached hydrogens (tertiary/aromatic N) is 5. The fraction of sp³-hybridized carbons (Fsp3) is 0.786. The van der Waals surface area contributed by atoms with Crippen molar-refractivity contribution in [2.24, 2.45) is 4.99 Å². The van der Waals surface area contributed by atoms with Crippen LogP contribution in [0.5, 0.6) is 0 Å². The van der Waals surface area contributed by atoms with Crippen LogP contribution in [-0.2, 0) is 22.8 Å². The Labute approximate surface area is 161 Å². The maximum Gasteiger partial charge on any atom is 0.193 e. The van der Waals surface area contributed by atoms with Crippen LogP contribution in [0.25, 0.3) is 0 Å². The second-order valence-corrected chi connectivity index (χ2v) is 9.01. The topological polar surface area (TPSA) is 92.5 Å². The number of guanidine groups is 1. The van der Waals surface area contributed by atoms with Crippen molar-refractivity contribution < 1.29 is 8.42 Å². The molecule has 0 amide bonds. The largest absolute Gasteiger partial charge is 0.354 e. The molecule has 1 N–H and O–H groups in total. The maximum absolute atomic E-state index is 12.1. The lowest BCUT2D eigenvalue weighted by Gasteiger charge is -2.39. The highest BCUT2D eigenvalue weighted by Gasteiger charge is 2.40. The minimum Gasteiger partial charge on any atom is -0.354 e. The highest BCUT2D eigenvalue weighted by molar-refractivity contribution is 14.0. The first-order valence-corrected chi connectivity index (χ1v) is 9.50. The predicted octanol–water partition coefficient (Wildman–Crippen LogP) is 0.543. The van der Waals surface area contributed by atoms with E-state index in [9.17, 15) is 8.42 Å². The summed E-state index contributed by atoms with van der Waals surface area (Å²) in [6.45, 7) is 7.92. The zero-order valence-corrected chi connectivity index (χ0v) is 17.8. The van der Waals surface area contributed by atoms with E-state index >= 15 is 0 Å². The van der Waals surface area contributed by atoms with E-state index in [4.69, 9.17) is 0 Å². The molecule has 0 aromatic carbocycles. The molecule has 0 atom stereocenters. The van der Waals surface area contributed by atoms with Crippen molar-refractivity contribution in [3.63, 3.8) is 0 Å². The summed E-state index contributed by atoms with van der Waals surface area (Å²) >= 11 is 0. The van der Waals surface area contributed by atoms with Crippen LogP contribution in [0.2, 0.25) is 0 Å². The molecule has 2 rings (SSSR count). The molecule has 8 nitrogen and oxygen atoms in total. The molecule has 138 valence electrons. The molecule has 0 radical (unpaired) electrons. The second-order valence-electron chi connectivity index (χ2n) is 6.27. The number of hydrogen-bond acceptors (Lipinski definition) is 5. The standard InChI is InChI=1S/C14H26N6O2S.HI/c1-5-12-18-17-11-20(12)7-6-16-13(15-4)19-8-9-23(21,22)14(2,3)10-19;/h11H,5-10H2,1-4H3,(H,15,16);1H. The van der Waals surface area contributed by atoms with Gasteiger partial charge in [0.25, 0.3) is 0 Å². The third-order valence-corrected chi connectivity index (χ3v) is 6.74. The third kappa shape index (κ3) is 4.58. The van der Waals surface area contributed by atoms with Crippen LogP contribution in [0.3, 0.4) is 0 Å². The van der Waals surface area contributed by atoms with Crippen LogP contribution in [-0.4, -0.2) is 71.2 Å². The molecule has 1 fully saturated rings. The zero-order chi connectivity index (χ0) is 17.1. The van der Waals surface area contributed by atoms with E-state index in [-0.39, 0.29) is 29.7 Å². The van der Waals surface area contributed by atoms with E-state index in [0.717, 1.165) is 24.7 Å². The van der Waals surface area contributed by atoms with E-state index in [1.165, 1.54) is 0 Å². The van der Waals surface area contributed by atoms with Crippen molar-refractivity contribution in [1.82, 2.24) is 25.0 Å². The molecule has 1 aliphatic rings. The van der Waals surface area contributed by atoms with Crippen molar-refractivity contribution in [2.45, 2.75) is 38.5 Å². The monoisotopic (exact) mass is 470 g/mol. The molecule has 0 unspecified atom stereocenters. The van der Waals surface area contributed by atoms with E-state index in [1.54, 1.807) is 27.2 Å². The Balaban J connectivity index is 0.00000288. The van der Waals surface area contributed by atoms with Gasteiger partial charge in [-0.2, -0.15) is 0 Å². The van der Waals surface area contributed by atoms with Gasteiger partial charge >= 0.3 is 0 Å². The van der Waals surface area contributed by atoms with Gasteiger partial charge in [-0.1, -0.05) is 6.92 Å². The van der Waals surface area contributed by atoms with Gasteiger partial charge in [-0.15, -0.1) is 34.2 Å². The highest BCUT2D eigenvalue weighted by atomic mass is 127. The number of halogens is 1. The Hall–Kier alpha value is -0.910. The summed E-state index contributed by atoms with van der Waals surface area (Å²) in [5.74, 6) is 1.85. The SMILES string of the molecule is CCc1nncn1CCNC(=NC)N1CCS(=O)(=O)C(C)(C)C1.I. The Morgan fingerprint density at radius 2 is 2.17 bits per heavy atom. The molecular formula is C14H27IN6O2S. The molecule has 0 bridgehead atoms. The van der Waals surface area contributed by atoms with Gasteiger partial charge in [0.05, 0.1) is 10.5 Å². The van der Waals surface area contributed by atoms with E-state index in [0.29, 0.717) is 19.6 Å². The lowest BCUT2D eigenvalue weighted by molar-refractivity contribution is 0.352. The molecule has 1 aromatic rings. The predicted molar refractivity (Wildman–Crippen MR) is 106 cm³/mol. The lowest BCUT2D eigenvalue weighted by Crippen LogP contribution is -2.57. The average Bonchev–Trinajstić information content (AvgIpc) is 2.94. The summed E-state index contributed by atoms with van der Waals surface area (Å²) in [5.41, 5.74) is 0. The molecule has 24 heavy (non-hydrogen) atoms. The third-order valence-electron chi connectivity index (χ3n) is 4.20. The number of nitrogens with one attached hydrogen (secondary N) is 1. The zero-order valence-electron chi connectivity index (χ0n) is 14.7. The average molecular weight is 470 g/mol. The summed E-state index contributed by atoms with van der Waals surface area (Å²) < 4.78 is 25.4. The number of rotatable bonds is 4. The smallest absolute Gasteiger partial charge is 0.193 e. The van der Waals surface area contributed by atoms with Gasteiger partial charge in [0, 0.05) is 39.6 Å². The molecule has 10 heteroatoms. The maximum atomic E-state index is 12.1. The van der Waals surface area contributed by atoms with Gasteiger partial charge in [0.15, 0.2) is 15.8 Å². The molecule has 2 heterocycles. The quantitative estimate of drug-likeness (QED) is 0.393. The molecule has 1 aliphatic heterocycles. The van der Waals surface area contributed by atoms with Crippen LogP contribution in [0.4, 0.5) is 0 Å². The van der Waals surface area contributed by atoms with Gasteiger partial charge in [0.2, 0.25) is 0 Å². The van der Waals surface area contributed by atoms with Gasteiger partial charge < -0.3 is 14.8 Å². The molecular weight excluding hydrogens is 443 g/mol. The van der Waals surface area contributed by atoms with Gasteiger partial charge in [-0.05, 0) is 13.8 Å². The van der Waals surface area contributed by atoms with Crippen molar-refractivity contribution in [3.05, 3.63) is 12.2 Å². The number of sulfone groups is 1. The molecule has 0 aliphatic carbocycles. The van der Waals surface area contributed by atoms with E-state index in [2.05, 4.69) is 20.5 Å². The Kier molecular flexibility index (Phi) is 7.44. The minimum atomic E-state index is -3.05. The van der Waals surface area contributed by atoms with Gasteiger partial charge in [-0.3, -0.25) is 4.99 Å². The van der Waals surface area contributed by atoms with Crippen molar-refractivity contribution in [1.29, 1.82) is 0 Å². The first-order chi connectivity index (χ1) is 10.8. The summed E-state index contributed by atoms with van der Waals surface area (Å²) in [4.78, 5) is 6.29. The summed E-state index contributed by atoms with van der Waals surface area (Å²) in [6, 6.07) is 0. The number of aryl methyl sites for hydroxylation is 1. The number of aromatic nitrogens is 3. The van der Waals surface area contributed by atoms with Crippen LogP contribution in [0.1, 0.15) is 26.6 Å². The van der Waals surface area contributed by atoms with Crippen LogP contribution >= 0.6 is 24.0 Å². The Morgan fingerprint density at radius 3 is 2.75 bits per heavy atom. The van der Waals surface area contributed by atoms with E-state index in [1.807, 2.05) is 16.4 Å². The van der Waals surface area contributed by atoms with Crippen molar-refractivity contribution >= 4 is 39.8 Å². The van der Waals surface area contributed by atoms with Crippen molar-refractivity contribution in [2.75, 3.05) is 32.4 Å². The first-order valence-electron chi connectivity index (χ1n) is 7.85. The first kappa shape index (κ1) is 21.1. The normalized spacial score (nSPS) is 19.7. The molecule has 1 aromatic heterocycles. The fourth-order valence-corrected chi connectivity index (χ4v) is 4.05. The molecule has 0 spiro atoms. The van der Waals surface area contributed by atoms with Gasteiger partial charge in [-0.25, -0.2) is 8.42 Å². The second kappa shape index (κ2) is 8.45.